The molecule has 1 saturated heterocycles. The molecule has 3 aromatic rings. The molecular weight excluding hydrogens is 605 g/mol. The average Bonchev–Trinajstić information content (AvgIpc) is 3.47. The molecule has 0 unspecified atom stereocenters. The predicted octanol–water partition coefficient (Wildman–Crippen LogP) is 4.52. The lowest BCUT2D eigenvalue weighted by atomic mass is 10.1. The van der Waals surface area contributed by atoms with Gasteiger partial charge in [0, 0.05) is 16.2 Å². The van der Waals surface area contributed by atoms with E-state index in [2.05, 4.69) is 66.4 Å². The third-order valence-corrected chi connectivity index (χ3v) is 12.8. The van der Waals surface area contributed by atoms with Crippen LogP contribution in [0.1, 0.15) is 54.1 Å². The van der Waals surface area contributed by atoms with E-state index >= 15 is 0 Å². The normalized spacial score (nSPS) is 22.3. The van der Waals surface area contributed by atoms with Gasteiger partial charge in [0.05, 0.1) is 23.1 Å². The number of nitrogen functional groups attached to an aromatic ring is 1. The summed E-state index contributed by atoms with van der Waals surface area (Å²) >= 11 is 2.20. The number of carbonyl (C=O) groups excluding carboxylic acids is 2. The van der Waals surface area contributed by atoms with E-state index in [1.807, 2.05) is 10.8 Å². The van der Waals surface area contributed by atoms with Crippen molar-refractivity contribution < 1.29 is 23.6 Å². The minimum absolute atomic E-state index is 0.00504. The standard InChI is InChI=1S/C25H30IN5O5Si/c1-25(2,3)37(4,5)34-12-18-17(36-31-23(32)14-8-6-7-9-15(14)24(31)33)10-19(35-18)30-11-16(26)20-21(27)28-13-29-22(20)30/h6-9,11,13,17-19H,10,12H2,1-5H3,(H2,27,28,29)/t17-,18+,19+/m0/s1. The number of hydrogen-bond donors (Lipinski definition) is 1. The molecule has 2 aliphatic heterocycles. The van der Waals surface area contributed by atoms with Gasteiger partial charge >= 0.3 is 0 Å². The lowest BCUT2D eigenvalue weighted by molar-refractivity contribution is -0.154. The highest BCUT2D eigenvalue weighted by atomic mass is 127. The molecule has 1 aromatic carbocycles. The van der Waals surface area contributed by atoms with E-state index in [0.717, 1.165) is 14.0 Å². The molecule has 0 aliphatic carbocycles. The third kappa shape index (κ3) is 4.58. The number of hydrogen-bond acceptors (Lipinski definition) is 8. The van der Waals surface area contributed by atoms with Crippen LogP contribution in [0.2, 0.25) is 18.1 Å². The van der Waals surface area contributed by atoms with Gasteiger partial charge in [-0.25, -0.2) is 9.97 Å². The van der Waals surface area contributed by atoms with Crippen molar-refractivity contribution in [2.45, 2.75) is 63.8 Å². The van der Waals surface area contributed by atoms with E-state index in [1.54, 1.807) is 24.3 Å². The second-order valence-electron chi connectivity index (χ2n) is 10.9. The highest BCUT2D eigenvalue weighted by molar-refractivity contribution is 14.1. The van der Waals surface area contributed by atoms with Crippen molar-refractivity contribution in [1.29, 1.82) is 0 Å². The number of aromatic nitrogens is 3. The lowest BCUT2D eigenvalue weighted by Crippen LogP contribution is -2.45. The van der Waals surface area contributed by atoms with Crippen LogP contribution in [0.4, 0.5) is 5.82 Å². The molecule has 2 aliphatic rings. The van der Waals surface area contributed by atoms with Gasteiger partial charge in [0.25, 0.3) is 11.8 Å². The summed E-state index contributed by atoms with van der Waals surface area (Å²) in [7, 11) is -2.10. The summed E-state index contributed by atoms with van der Waals surface area (Å²) in [5.41, 5.74) is 7.41. The third-order valence-electron chi connectivity index (χ3n) is 7.50. The Morgan fingerprint density at radius 3 is 2.43 bits per heavy atom. The fraction of sp³-hybridized carbons (Fsp3) is 0.440. The van der Waals surface area contributed by atoms with Crippen LogP contribution >= 0.6 is 22.6 Å². The summed E-state index contributed by atoms with van der Waals surface area (Å²) in [6, 6.07) is 6.71. The Balaban J connectivity index is 1.44. The number of hydroxylamine groups is 2. The monoisotopic (exact) mass is 635 g/mol. The van der Waals surface area contributed by atoms with Gasteiger partial charge in [0.15, 0.2) is 8.32 Å². The Labute approximate surface area is 229 Å². The van der Waals surface area contributed by atoms with Crippen molar-refractivity contribution in [3.8, 4) is 0 Å². The Kier molecular flexibility index (Phi) is 6.67. The molecule has 10 nitrogen and oxygen atoms in total. The van der Waals surface area contributed by atoms with Gasteiger partial charge in [0.2, 0.25) is 0 Å². The maximum atomic E-state index is 13.0. The number of carbonyl (C=O) groups is 2. The second-order valence-corrected chi connectivity index (χ2v) is 16.8. The minimum atomic E-state index is -2.10. The number of nitrogens with zero attached hydrogens (tertiary/aromatic N) is 4. The van der Waals surface area contributed by atoms with Crippen LogP contribution in [-0.4, -0.2) is 58.5 Å². The molecule has 4 heterocycles. The summed E-state index contributed by atoms with van der Waals surface area (Å²) in [6.45, 7) is 11.1. The number of amides is 2. The Morgan fingerprint density at radius 1 is 1.16 bits per heavy atom. The fourth-order valence-corrected chi connectivity index (χ4v) is 6.15. The molecule has 12 heteroatoms. The summed E-state index contributed by atoms with van der Waals surface area (Å²) in [4.78, 5) is 40.6. The van der Waals surface area contributed by atoms with Gasteiger partial charge < -0.3 is 19.5 Å². The average molecular weight is 636 g/mol. The lowest BCUT2D eigenvalue weighted by Gasteiger charge is -2.37. The number of ether oxygens (including phenoxy) is 1. The van der Waals surface area contributed by atoms with Crippen LogP contribution in [0.25, 0.3) is 11.0 Å². The van der Waals surface area contributed by atoms with Gasteiger partial charge in [-0.05, 0) is 52.9 Å². The second kappa shape index (κ2) is 9.41. The number of benzene rings is 1. The van der Waals surface area contributed by atoms with E-state index in [-0.39, 0.29) is 11.6 Å². The van der Waals surface area contributed by atoms with Crippen LogP contribution in [0.3, 0.4) is 0 Å². The molecule has 5 rings (SSSR count). The number of rotatable bonds is 6. The summed E-state index contributed by atoms with van der Waals surface area (Å²) in [6.07, 6.45) is 2.13. The van der Waals surface area contributed by atoms with E-state index in [0.29, 0.717) is 29.0 Å². The van der Waals surface area contributed by atoms with Crippen LogP contribution in [-0.2, 0) is 14.0 Å². The maximum Gasteiger partial charge on any atom is 0.285 e. The van der Waals surface area contributed by atoms with Crippen LogP contribution in [0.15, 0.2) is 36.8 Å². The molecule has 0 radical (unpaired) electrons. The minimum Gasteiger partial charge on any atom is -0.414 e. The van der Waals surface area contributed by atoms with Crippen molar-refractivity contribution in [3.63, 3.8) is 0 Å². The van der Waals surface area contributed by atoms with Crippen molar-refractivity contribution in [1.82, 2.24) is 19.6 Å². The van der Waals surface area contributed by atoms with Gasteiger partial charge in [-0.1, -0.05) is 32.9 Å². The number of nitrogens with two attached hydrogens (primary N) is 1. The molecule has 2 amide bonds. The largest absolute Gasteiger partial charge is 0.414 e. The topological polar surface area (TPSA) is 122 Å². The van der Waals surface area contributed by atoms with Crippen molar-refractivity contribution in [2.24, 2.45) is 0 Å². The molecule has 0 spiro atoms. The highest BCUT2D eigenvalue weighted by Gasteiger charge is 2.46. The molecule has 3 atom stereocenters. The summed E-state index contributed by atoms with van der Waals surface area (Å²) in [5.74, 6) is -0.563. The van der Waals surface area contributed by atoms with Crippen molar-refractivity contribution in [2.75, 3.05) is 12.3 Å². The smallest absolute Gasteiger partial charge is 0.285 e. The number of halogens is 1. The van der Waals surface area contributed by atoms with E-state index in [4.69, 9.17) is 19.7 Å². The van der Waals surface area contributed by atoms with E-state index in [9.17, 15) is 9.59 Å². The van der Waals surface area contributed by atoms with Gasteiger partial charge in [-0.2, -0.15) is 0 Å². The van der Waals surface area contributed by atoms with Gasteiger partial charge in [-0.3, -0.25) is 14.4 Å². The van der Waals surface area contributed by atoms with Crippen LogP contribution < -0.4 is 5.73 Å². The zero-order valence-electron chi connectivity index (χ0n) is 21.4. The number of anilines is 1. The first kappa shape index (κ1) is 26.2. The molecule has 0 saturated carbocycles. The molecule has 1 fully saturated rings. The SMILES string of the molecule is CC(C)(C)[Si](C)(C)OC[C@H]1O[C@@H](n2cc(I)c3c(N)ncnc32)C[C@@H]1ON1C(=O)c2ccccc2C1=O. The highest BCUT2D eigenvalue weighted by Crippen LogP contribution is 2.40. The Morgan fingerprint density at radius 2 is 1.81 bits per heavy atom. The van der Waals surface area contributed by atoms with Crippen molar-refractivity contribution in [3.05, 3.63) is 51.5 Å². The first-order chi connectivity index (χ1) is 17.4. The molecule has 37 heavy (non-hydrogen) atoms. The van der Waals surface area contributed by atoms with Gasteiger partial charge in [0.1, 0.15) is 36.2 Å². The summed E-state index contributed by atoms with van der Waals surface area (Å²) < 4.78 is 15.7. The molecule has 196 valence electrons. The van der Waals surface area contributed by atoms with Crippen molar-refractivity contribution >= 4 is 59.6 Å². The Bertz CT molecular complexity index is 1350. The number of imide groups is 1. The first-order valence-corrected chi connectivity index (χ1v) is 16.1. The van der Waals surface area contributed by atoms with Crippen LogP contribution in [0, 0.1) is 3.57 Å². The number of fused-ring (bicyclic) bond motifs is 2. The maximum absolute atomic E-state index is 13.0. The van der Waals surface area contributed by atoms with E-state index in [1.165, 1.54) is 6.33 Å². The fourth-order valence-electron chi connectivity index (χ4n) is 4.32. The summed E-state index contributed by atoms with van der Waals surface area (Å²) in [5, 5.41) is 1.62. The zero-order valence-corrected chi connectivity index (χ0v) is 24.6. The van der Waals surface area contributed by atoms with E-state index < -0.39 is 38.6 Å². The predicted molar refractivity (Wildman–Crippen MR) is 148 cm³/mol. The molecular formula is C25H30IN5O5Si. The molecule has 2 N–H and O–H groups in total. The zero-order chi connectivity index (χ0) is 26.7. The van der Waals surface area contributed by atoms with Gasteiger partial charge in [-0.15, -0.1) is 5.06 Å². The quantitative estimate of drug-likeness (QED) is 0.239. The Hall–Kier alpha value is -2.39. The molecule has 2 aromatic heterocycles. The molecule has 0 bridgehead atoms. The van der Waals surface area contributed by atoms with Crippen LogP contribution in [0.5, 0.6) is 0 Å². The first-order valence-electron chi connectivity index (χ1n) is 12.1.